The highest BCUT2D eigenvalue weighted by atomic mass is 16.5. The van der Waals surface area contributed by atoms with E-state index in [-0.39, 0.29) is 0 Å². The van der Waals surface area contributed by atoms with Gasteiger partial charge in [-0.25, -0.2) is 0 Å². The van der Waals surface area contributed by atoms with Crippen LogP contribution in [0, 0.1) is 11.8 Å². The standard InChI is InChI=1S/C16H13NO/c17-15-6-1-3-12(11-15)7-8-13-4-2-5-14-9-10-18-16(13)14/h1-6,11H,9-10,17H2. The van der Waals surface area contributed by atoms with Crippen LogP contribution in [0.1, 0.15) is 16.7 Å². The van der Waals surface area contributed by atoms with E-state index in [0.717, 1.165) is 35.6 Å². The third-order valence-corrected chi connectivity index (χ3v) is 2.94. The number of ether oxygens (including phenoxy) is 1. The van der Waals surface area contributed by atoms with Crippen LogP contribution < -0.4 is 10.5 Å². The summed E-state index contributed by atoms with van der Waals surface area (Å²) in [7, 11) is 0. The molecular weight excluding hydrogens is 222 g/mol. The summed E-state index contributed by atoms with van der Waals surface area (Å²) in [6.45, 7) is 0.756. The maximum absolute atomic E-state index is 5.73. The number of anilines is 1. The van der Waals surface area contributed by atoms with Crippen molar-refractivity contribution in [1.82, 2.24) is 0 Å². The maximum atomic E-state index is 5.73. The van der Waals surface area contributed by atoms with Crippen molar-refractivity contribution in [3.8, 4) is 17.6 Å². The Bertz CT molecular complexity index is 650. The molecule has 0 spiro atoms. The summed E-state index contributed by atoms with van der Waals surface area (Å²) in [4.78, 5) is 0. The van der Waals surface area contributed by atoms with E-state index < -0.39 is 0 Å². The summed E-state index contributed by atoms with van der Waals surface area (Å²) in [6.07, 6.45) is 0.975. The van der Waals surface area contributed by atoms with Crippen LogP contribution >= 0.6 is 0 Å². The first kappa shape index (κ1) is 10.7. The van der Waals surface area contributed by atoms with Crippen molar-refractivity contribution in [2.24, 2.45) is 0 Å². The van der Waals surface area contributed by atoms with E-state index >= 15 is 0 Å². The van der Waals surface area contributed by atoms with Crippen LogP contribution in [0.3, 0.4) is 0 Å². The first-order valence-corrected chi connectivity index (χ1v) is 5.95. The van der Waals surface area contributed by atoms with E-state index in [1.54, 1.807) is 0 Å². The first-order chi connectivity index (χ1) is 8.83. The maximum Gasteiger partial charge on any atom is 0.138 e. The fourth-order valence-electron chi connectivity index (χ4n) is 2.07. The van der Waals surface area contributed by atoms with Gasteiger partial charge in [0.15, 0.2) is 0 Å². The van der Waals surface area contributed by atoms with Gasteiger partial charge in [-0.15, -0.1) is 0 Å². The summed E-state index contributed by atoms with van der Waals surface area (Å²) in [6, 6.07) is 13.7. The predicted molar refractivity (Wildman–Crippen MR) is 72.5 cm³/mol. The minimum absolute atomic E-state index is 0.733. The summed E-state index contributed by atoms with van der Waals surface area (Å²) in [5.74, 6) is 7.22. The van der Waals surface area contributed by atoms with E-state index in [1.165, 1.54) is 5.56 Å². The van der Waals surface area contributed by atoms with Gasteiger partial charge in [0.25, 0.3) is 0 Å². The van der Waals surface area contributed by atoms with Crippen LogP contribution in [0.2, 0.25) is 0 Å². The van der Waals surface area contributed by atoms with Gasteiger partial charge in [-0.1, -0.05) is 30.0 Å². The average Bonchev–Trinajstić information content (AvgIpc) is 2.85. The van der Waals surface area contributed by atoms with E-state index in [1.807, 2.05) is 36.4 Å². The number of hydrogen-bond donors (Lipinski definition) is 1. The molecule has 1 heterocycles. The molecule has 0 fully saturated rings. The number of rotatable bonds is 0. The van der Waals surface area contributed by atoms with Gasteiger partial charge in [0.2, 0.25) is 0 Å². The molecule has 1 aliphatic rings. The zero-order valence-corrected chi connectivity index (χ0v) is 9.94. The number of hydrogen-bond acceptors (Lipinski definition) is 2. The number of nitrogen functional groups attached to an aromatic ring is 1. The summed E-state index contributed by atoms with van der Waals surface area (Å²) < 4.78 is 5.61. The highest BCUT2D eigenvalue weighted by molar-refractivity contribution is 5.55. The third-order valence-electron chi connectivity index (χ3n) is 2.94. The molecule has 0 aromatic heterocycles. The van der Waals surface area contributed by atoms with Gasteiger partial charge in [-0.3, -0.25) is 0 Å². The second-order valence-electron chi connectivity index (χ2n) is 4.27. The quantitative estimate of drug-likeness (QED) is 0.562. The Morgan fingerprint density at radius 2 is 1.94 bits per heavy atom. The molecule has 0 bridgehead atoms. The smallest absolute Gasteiger partial charge is 0.138 e. The molecule has 2 aromatic carbocycles. The highest BCUT2D eigenvalue weighted by Crippen LogP contribution is 2.28. The summed E-state index contributed by atoms with van der Waals surface area (Å²) in [5.41, 5.74) is 9.58. The van der Waals surface area contributed by atoms with E-state index in [2.05, 4.69) is 17.9 Å². The first-order valence-electron chi connectivity index (χ1n) is 5.95. The second kappa shape index (κ2) is 4.46. The lowest BCUT2D eigenvalue weighted by atomic mass is 10.1. The molecule has 0 saturated heterocycles. The van der Waals surface area contributed by atoms with Gasteiger partial charge in [-0.05, 0) is 29.8 Å². The molecule has 0 aliphatic carbocycles. The van der Waals surface area contributed by atoms with E-state index in [4.69, 9.17) is 10.5 Å². The van der Waals surface area contributed by atoms with Gasteiger partial charge >= 0.3 is 0 Å². The third kappa shape index (κ3) is 2.03. The van der Waals surface area contributed by atoms with E-state index in [0.29, 0.717) is 0 Å². The van der Waals surface area contributed by atoms with E-state index in [9.17, 15) is 0 Å². The number of nitrogens with two attached hydrogens (primary N) is 1. The molecule has 1 aliphatic heterocycles. The van der Waals surface area contributed by atoms with Crippen molar-refractivity contribution in [3.05, 3.63) is 59.2 Å². The highest BCUT2D eigenvalue weighted by Gasteiger charge is 2.14. The Kier molecular flexibility index (Phi) is 2.66. The zero-order valence-electron chi connectivity index (χ0n) is 9.94. The Balaban J connectivity index is 1.97. The van der Waals surface area contributed by atoms with Crippen molar-refractivity contribution >= 4 is 5.69 Å². The Morgan fingerprint density at radius 3 is 2.83 bits per heavy atom. The Morgan fingerprint density at radius 1 is 1.06 bits per heavy atom. The zero-order chi connectivity index (χ0) is 12.4. The van der Waals surface area contributed by atoms with Crippen LogP contribution in [-0.2, 0) is 6.42 Å². The van der Waals surface area contributed by atoms with Crippen molar-refractivity contribution in [2.45, 2.75) is 6.42 Å². The van der Waals surface area contributed by atoms with Gasteiger partial charge < -0.3 is 10.5 Å². The van der Waals surface area contributed by atoms with Crippen LogP contribution in [0.15, 0.2) is 42.5 Å². The minimum atomic E-state index is 0.733. The Labute approximate surface area is 106 Å². The number of para-hydroxylation sites is 1. The number of benzene rings is 2. The summed E-state index contributed by atoms with van der Waals surface area (Å²) in [5, 5.41) is 0. The molecule has 2 nitrogen and oxygen atoms in total. The predicted octanol–water partition coefficient (Wildman–Crippen LogP) is 2.60. The van der Waals surface area contributed by atoms with Crippen LogP contribution in [0.4, 0.5) is 5.69 Å². The molecule has 88 valence electrons. The van der Waals surface area contributed by atoms with Crippen LogP contribution in [0.5, 0.6) is 5.75 Å². The molecule has 2 heteroatoms. The molecule has 3 rings (SSSR count). The fraction of sp³-hybridized carbons (Fsp3) is 0.125. The SMILES string of the molecule is Nc1cccc(C#Cc2cccc3c2OCC3)c1. The second-order valence-corrected chi connectivity index (χ2v) is 4.27. The fourth-order valence-corrected chi connectivity index (χ4v) is 2.07. The molecule has 0 unspecified atom stereocenters. The van der Waals surface area contributed by atoms with Crippen molar-refractivity contribution < 1.29 is 4.74 Å². The molecular formula is C16H13NO. The molecule has 0 radical (unpaired) electrons. The monoisotopic (exact) mass is 235 g/mol. The molecule has 0 saturated carbocycles. The lowest BCUT2D eigenvalue weighted by Gasteiger charge is -2.01. The van der Waals surface area contributed by atoms with Crippen molar-refractivity contribution in [3.63, 3.8) is 0 Å². The molecule has 0 amide bonds. The molecule has 18 heavy (non-hydrogen) atoms. The number of fused-ring (bicyclic) bond motifs is 1. The van der Waals surface area contributed by atoms with Crippen LogP contribution in [0.25, 0.3) is 0 Å². The molecule has 0 atom stereocenters. The van der Waals surface area contributed by atoms with Crippen LogP contribution in [-0.4, -0.2) is 6.61 Å². The topological polar surface area (TPSA) is 35.2 Å². The molecule has 2 aromatic rings. The van der Waals surface area contributed by atoms with Gasteiger partial charge in [-0.2, -0.15) is 0 Å². The lowest BCUT2D eigenvalue weighted by molar-refractivity contribution is 0.356. The summed E-state index contributed by atoms with van der Waals surface area (Å²) >= 11 is 0. The minimum Gasteiger partial charge on any atom is -0.492 e. The Hall–Kier alpha value is -2.40. The lowest BCUT2D eigenvalue weighted by Crippen LogP contribution is -1.88. The normalized spacial score (nSPS) is 12.2. The molecule has 2 N–H and O–H groups in total. The van der Waals surface area contributed by atoms with Gasteiger partial charge in [0.1, 0.15) is 5.75 Å². The van der Waals surface area contributed by atoms with Gasteiger partial charge in [0.05, 0.1) is 12.2 Å². The largest absolute Gasteiger partial charge is 0.492 e. The average molecular weight is 235 g/mol. The van der Waals surface area contributed by atoms with Crippen molar-refractivity contribution in [1.29, 1.82) is 0 Å². The van der Waals surface area contributed by atoms with Gasteiger partial charge in [0, 0.05) is 17.7 Å². The van der Waals surface area contributed by atoms with Crippen molar-refractivity contribution in [2.75, 3.05) is 12.3 Å².